The number of carbonyl (C=O) groups is 2. The zero-order chi connectivity index (χ0) is 27.4. The summed E-state index contributed by atoms with van der Waals surface area (Å²) in [4.78, 5) is 27.8. The predicted molar refractivity (Wildman–Crippen MR) is 142 cm³/mol. The van der Waals surface area contributed by atoms with Gasteiger partial charge in [0.15, 0.2) is 0 Å². The summed E-state index contributed by atoms with van der Waals surface area (Å²) in [5.74, 6) is -1.17. The minimum absolute atomic E-state index is 0.107. The average Bonchev–Trinajstić information content (AvgIpc) is 3.36. The number of nitrogens with one attached hydrogen (secondary N) is 1. The fraction of sp³-hybridized carbons (Fsp3) is 0.310. The Morgan fingerprint density at radius 3 is 2.21 bits per heavy atom. The third-order valence-electron chi connectivity index (χ3n) is 6.85. The van der Waals surface area contributed by atoms with Crippen molar-refractivity contribution < 1.29 is 22.8 Å². The van der Waals surface area contributed by atoms with Crippen molar-refractivity contribution in [2.45, 2.75) is 38.5 Å². The Bertz CT molecular complexity index is 1290. The number of alkyl halides is 3. The first-order chi connectivity index (χ1) is 18.0. The molecular weight excluding hydrogens is 536 g/mol. The van der Waals surface area contributed by atoms with Crippen molar-refractivity contribution in [1.82, 2.24) is 10.2 Å². The largest absolute Gasteiger partial charge is 0.417 e. The highest BCUT2D eigenvalue weighted by molar-refractivity contribution is 6.34. The van der Waals surface area contributed by atoms with Crippen LogP contribution in [0.25, 0.3) is 11.1 Å². The van der Waals surface area contributed by atoms with Gasteiger partial charge in [0.2, 0.25) is 11.8 Å². The third kappa shape index (κ3) is 6.69. The predicted octanol–water partition coefficient (Wildman–Crippen LogP) is 7.37. The van der Waals surface area contributed by atoms with E-state index in [0.29, 0.717) is 28.5 Å². The molecule has 38 heavy (non-hydrogen) atoms. The number of halogens is 5. The Labute approximate surface area is 229 Å². The molecule has 4 rings (SSSR count). The van der Waals surface area contributed by atoms with Gasteiger partial charge in [-0.05, 0) is 59.4 Å². The van der Waals surface area contributed by atoms with Gasteiger partial charge in [-0.2, -0.15) is 13.2 Å². The monoisotopic (exact) mass is 562 g/mol. The van der Waals surface area contributed by atoms with Gasteiger partial charge in [0.25, 0.3) is 0 Å². The lowest BCUT2D eigenvalue weighted by molar-refractivity contribution is -0.140. The Morgan fingerprint density at radius 1 is 0.921 bits per heavy atom. The zero-order valence-corrected chi connectivity index (χ0v) is 22.2. The molecule has 0 bridgehead atoms. The molecule has 0 saturated heterocycles. The summed E-state index contributed by atoms with van der Waals surface area (Å²) >= 11 is 12.1. The first kappa shape index (κ1) is 28.0. The number of hydrogen-bond donors (Lipinski definition) is 1. The Hall–Kier alpha value is -3.03. The molecule has 0 spiro atoms. The van der Waals surface area contributed by atoms with E-state index in [4.69, 9.17) is 23.2 Å². The molecule has 2 amide bonds. The van der Waals surface area contributed by atoms with E-state index in [0.717, 1.165) is 23.6 Å². The summed E-state index contributed by atoms with van der Waals surface area (Å²) in [6.07, 6.45) is -2.43. The van der Waals surface area contributed by atoms with E-state index < -0.39 is 23.6 Å². The lowest BCUT2D eigenvalue weighted by atomic mass is 9.93. The molecule has 0 radical (unpaired) electrons. The Kier molecular flexibility index (Phi) is 8.68. The number of rotatable bonds is 7. The van der Waals surface area contributed by atoms with Crippen LogP contribution in [0.3, 0.4) is 0 Å². The number of carbonyl (C=O) groups excluding carboxylic acids is 2. The van der Waals surface area contributed by atoms with Gasteiger partial charge in [-0.15, -0.1) is 0 Å². The standard InChI is InChI=1S/C29H27Cl2F3N2O2/c1-36(17-18-9-11-20(12-10-18)23-5-2-3-8-26(23)29(32,33)34)28(38)25-7-4-6-24(25)27(37)35-16-19-13-21(30)15-22(31)14-19/h2-3,5,8-15,24-25H,4,6-7,16-17H2,1H3,(H,35,37). The summed E-state index contributed by atoms with van der Waals surface area (Å²) in [7, 11) is 1.68. The summed E-state index contributed by atoms with van der Waals surface area (Å²) in [5, 5.41) is 3.86. The molecule has 3 aromatic rings. The van der Waals surface area contributed by atoms with Crippen LogP contribution >= 0.6 is 23.2 Å². The van der Waals surface area contributed by atoms with Crippen LogP contribution in [0.4, 0.5) is 13.2 Å². The van der Waals surface area contributed by atoms with Crippen LogP contribution in [-0.2, 0) is 28.9 Å². The van der Waals surface area contributed by atoms with Crippen LogP contribution in [0.5, 0.6) is 0 Å². The van der Waals surface area contributed by atoms with E-state index in [2.05, 4.69) is 5.32 Å². The highest BCUT2D eigenvalue weighted by Gasteiger charge is 2.39. The van der Waals surface area contributed by atoms with Gasteiger partial charge in [-0.25, -0.2) is 0 Å². The van der Waals surface area contributed by atoms with Gasteiger partial charge in [0.05, 0.1) is 5.56 Å². The van der Waals surface area contributed by atoms with Crippen LogP contribution in [-0.4, -0.2) is 23.8 Å². The maximum absolute atomic E-state index is 13.4. The highest BCUT2D eigenvalue weighted by Crippen LogP contribution is 2.37. The molecule has 4 nitrogen and oxygen atoms in total. The SMILES string of the molecule is CN(Cc1ccc(-c2ccccc2C(F)(F)F)cc1)C(=O)C1CCCC1C(=O)NCc1cc(Cl)cc(Cl)c1. The van der Waals surface area contributed by atoms with Crippen LogP contribution < -0.4 is 5.32 Å². The van der Waals surface area contributed by atoms with E-state index in [1.807, 2.05) is 0 Å². The zero-order valence-electron chi connectivity index (χ0n) is 20.7. The molecule has 2 unspecified atom stereocenters. The van der Waals surface area contributed by atoms with Gasteiger partial charge in [-0.3, -0.25) is 9.59 Å². The lowest BCUT2D eigenvalue weighted by Gasteiger charge is -2.25. The average molecular weight is 563 g/mol. The summed E-state index contributed by atoms with van der Waals surface area (Å²) < 4.78 is 40.2. The first-order valence-electron chi connectivity index (χ1n) is 12.3. The number of nitrogens with zero attached hydrogens (tertiary/aromatic N) is 1. The number of hydrogen-bond acceptors (Lipinski definition) is 2. The van der Waals surface area contributed by atoms with Crippen LogP contribution in [0.15, 0.2) is 66.7 Å². The van der Waals surface area contributed by atoms with Crippen molar-refractivity contribution in [1.29, 1.82) is 0 Å². The van der Waals surface area contributed by atoms with Crippen molar-refractivity contribution in [3.63, 3.8) is 0 Å². The van der Waals surface area contributed by atoms with Crippen molar-refractivity contribution in [2.24, 2.45) is 11.8 Å². The molecule has 200 valence electrons. The van der Waals surface area contributed by atoms with Crippen molar-refractivity contribution in [3.05, 3.63) is 93.5 Å². The van der Waals surface area contributed by atoms with E-state index in [1.54, 1.807) is 60.5 Å². The molecular formula is C29H27Cl2F3N2O2. The molecule has 9 heteroatoms. The van der Waals surface area contributed by atoms with Crippen molar-refractivity contribution in [2.75, 3.05) is 7.05 Å². The summed E-state index contributed by atoms with van der Waals surface area (Å²) in [6.45, 7) is 0.544. The molecule has 1 aliphatic carbocycles. The molecule has 1 aliphatic rings. The van der Waals surface area contributed by atoms with E-state index in [1.165, 1.54) is 12.1 Å². The third-order valence-corrected chi connectivity index (χ3v) is 7.29. The molecule has 2 atom stereocenters. The highest BCUT2D eigenvalue weighted by atomic mass is 35.5. The first-order valence-corrected chi connectivity index (χ1v) is 13.0. The van der Waals surface area contributed by atoms with Gasteiger partial charge in [0.1, 0.15) is 0 Å². The van der Waals surface area contributed by atoms with Crippen LogP contribution in [0.1, 0.15) is 36.0 Å². The second kappa shape index (κ2) is 11.8. The summed E-state index contributed by atoms with van der Waals surface area (Å²) in [5.41, 5.74) is 1.42. The maximum atomic E-state index is 13.4. The second-order valence-corrected chi connectivity index (χ2v) is 10.4. The van der Waals surface area contributed by atoms with E-state index >= 15 is 0 Å². The van der Waals surface area contributed by atoms with Gasteiger partial charge in [0, 0.05) is 42.0 Å². The minimum atomic E-state index is -4.45. The van der Waals surface area contributed by atoms with Crippen LogP contribution in [0, 0.1) is 11.8 Å². The topological polar surface area (TPSA) is 49.4 Å². The minimum Gasteiger partial charge on any atom is -0.352 e. The van der Waals surface area contributed by atoms with Gasteiger partial charge in [-0.1, -0.05) is 72.1 Å². The normalized spacial score (nSPS) is 17.3. The number of benzene rings is 3. The maximum Gasteiger partial charge on any atom is 0.417 e. The van der Waals surface area contributed by atoms with E-state index in [-0.39, 0.29) is 30.5 Å². The van der Waals surface area contributed by atoms with Crippen molar-refractivity contribution >= 4 is 35.0 Å². The van der Waals surface area contributed by atoms with Crippen LogP contribution in [0.2, 0.25) is 10.0 Å². The smallest absolute Gasteiger partial charge is 0.352 e. The van der Waals surface area contributed by atoms with Gasteiger partial charge < -0.3 is 10.2 Å². The molecule has 0 aliphatic heterocycles. The van der Waals surface area contributed by atoms with Gasteiger partial charge >= 0.3 is 6.18 Å². The molecule has 0 heterocycles. The fourth-order valence-corrected chi connectivity index (χ4v) is 5.58. The molecule has 1 N–H and O–H groups in total. The Balaban J connectivity index is 1.38. The molecule has 1 fully saturated rings. The van der Waals surface area contributed by atoms with Crippen molar-refractivity contribution in [3.8, 4) is 11.1 Å². The second-order valence-electron chi connectivity index (χ2n) is 9.57. The Morgan fingerprint density at radius 2 is 1.55 bits per heavy atom. The molecule has 3 aromatic carbocycles. The quantitative estimate of drug-likeness (QED) is 0.326. The fourth-order valence-electron chi connectivity index (χ4n) is 5.01. The molecule has 0 aromatic heterocycles. The van der Waals surface area contributed by atoms with E-state index in [9.17, 15) is 22.8 Å². The number of amides is 2. The summed E-state index contributed by atoms with van der Waals surface area (Å²) in [6, 6.07) is 17.2. The lowest BCUT2D eigenvalue weighted by Crippen LogP contribution is -2.40. The molecule has 1 saturated carbocycles.